The van der Waals surface area contributed by atoms with Gasteiger partial charge < -0.3 is 15.2 Å². The number of amides is 1. The third-order valence-electron chi connectivity index (χ3n) is 3.44. The van der Waals surface area contributed by atoms with Crippen LogP contribution in [0.25, 0.3) is 0 Å². The van der Waals surface area contributed by atoms with E-state index in [0.717, 1.165) is 0 Å². The van der Waals surface area contributed by atoms with Crippen LogP contribution in [-0.4, -0.2) is 29.0 Å². The van der Waals surface area contributed by atoms with Crippen molar-refractivity contribution in [3.05, 3.63) is 63.2 Å². The van der Waals surface area contributed by atoms with Crippen LogP contribution in [0.4, 0.5) is 11.4 Å². The van der Waals surface area contributed by atoms with Crippen LogP contribution in [0.3, 0.4) is 0 Å². The average molecular weight is 330 g/mol. The van der Waals surface area contributed by atoms with Gasteiger partial charge in [0.25, 0.3) is 11.6 Å². The molecule has 0 heterocycles. The highest BCUT2D eigenvalue weighted by Gasteiger charge is 2.20. The van der Waals surface area contributed by atoms with E-state index < -0.39 is 22.5 Å². The second-order valence-electron chi connectivity index (χ2n) is 4.85. The lowest BCUT2D eigenvalue weighted by Crippen LogP contribution is -2.15. The fourth-order valence-corrected chi connectivity index (χ4v) is 2.18. The molecule has 0 unspecified atom stereocenters. The Morgan fingerprint density at radius 2 is 1.79 bits per heavy atom. The van der Waals surface area contributed by atoms with Crippen LogP contribution in [-0.2, 0) is 4.74 Å². The van der Waals surface area contributed by atoms with Crippen molar-refractivity contribution in [2.24, 2.45) is 0 Å². The molecule has 2 rings (SSSR count). The molecule has 0 atom stereocenters. The molecule has 24 heavy (non-hydrogen) atoms. The van der Waals surface area contributed by atoms with E-state index in [1.807, 2.05) is 0 Å². The number of nitro benzene ring substituents is 1. The van der Waals surface area contributed by atoms with Gasteiger partial charge in [-0.3, -0.25) is 14.9 Å². The van der Waals surface area contributed by atoms with Gasteiger partial charge in [-0.1, -0.05) is 12.1 Å². The third kappa shape index (κ3) is 3.17. The molecule has 0 bridgehead atoms. The fourth-order valence-electron chi connectivity index (χ4n) is 2.18. The summed E-state index contributed by atoms with van der Waals surface area (Å²) in [5, 5.41) is 23.5. The third-order valence-corrected chi connectivity index (χ3v) is 3.44. The summed E-state index contributed by atoms with van der Waals surface area (Å²) in [4.78, 5) is 34.3. The number of carbonyl (C=O) groups is 2. The van der Waals surface area contributed by atoms with Gasteiger partial charge in [-0.15, -0.1) is 0 Å². The normalized spacial score (nSPS) is 10.1. The van der Waals surface area contributed by atoms with Gasteiger partial charge in [0.2, 0.25) is 0 Å². The van der Waals surface area contributed by atoms with Crippen LogP contribution >= 0.6 is 0 Å². The van der Waals surface area contributed by atoms with Crippen molar-refractivity contribution >= 4 is 23.3 Å². The molecule has 0 fully saturated rings. The number of carbonyl (C=O) groups excluding carboxylic acids is 2. The molecule has 2 N–H and O–H groups in total. The van der Waals surface area contributed by atoms with Crippen molar-refractivity contribution in [2.75, 3.05) is 12.4 Å². The summed E-state index contributed by atoms with van der Waals surface area (Å²) < 4.78 is 4.54. The Balaban J connectivity index is 2.36. The van der Waals surface area contributed by atoms with Crippen molar-refractivity contribution in [3.8, 4) is 5.75 Å². The standard InChI is InChI=1S/C16H14N2O6/c1-9-10(5-4-8-13(9)18(22)23)15(20)17-12-7-3-6-11(14(12)19)16(21)24-2/h3-8,19H,1-2H3,(H,17,20). The maximum absolute atomic E-state index is 12.4. The number of ether oxygens (including phenoxy) is 1. The van der Waals surface area contributed by atoms with Crippen molar-refractivity contribution in [3.63, 3.8) is 0 Å². The molecule has 0 radical (unpaired) electrons. The number of methoxy groups -OCH3 is 1. The summed E-state index contributed by atoms with van der Waals surface area (Å²) in [6.07, 6.45) is 0. The zero-order chi connectivity index (χ0) is 17.9. The molecule has 0 saturated carbocycles. The highest BCUT2D eigenvalue weighted by molar-refractivity contribution is 6.07. The number of rotatable bonds is 4. The lowest BCUT2D eigenvalue weighted by atomic mass is 10.1. The number of nitro groups is 1. The summed E-state index contributed by atoms with van der Waals surface area (Å²) in [5.74, 6) is -1.84. The number of phenolic OH excluding ortho intramolecular Hbond substituents is 1. The molecule has 0 aliphatic rings. The molecule has 1 amide bonds. The molecule has 2 aromatic carbocycles. The van der Waals surface area contributed by atoms with Crippen molar-refractivity contribution in [1.29, 1.82) is 0 Å². The van der Waals surface area contributed by atoms with E-state index in [1.54, 1.807) is 0 Å². The average Bonchev–Trinajstić information content (AvgIpc) is 2.55. The molecular weight excluding hydrogens is 316 g/mol. The van der Waals surface area contributed by atoms with Crippen LogP contribution in [0.15, 0.2) is 36.4 Å². The summed E-state index contributed by atoms with van der Waals surface area (Å²) >= 11 is 0. The largest absolute Gasteiger partial charge is 0.505 e. The number of esters is 1. The quantitative estimate of drug-likeness (QED) is 0.385. The first-order chi connectivity index (χ1) is 11.4. The Morgan fingerprint density at radius 3 is 2.42 bits per heavy atom. The van der Waals surface area contributed by atoms with Gasteiger partial charge in [-0.25, -0.2) is 4.79 Å². The lowest BCUT2D eigenvalue weighted by Gasteiger charge is -2.11. The maximum atomic E-state index is 12.4. The summed E-state index contributed by atoms with van der Waals surface area (Å²) in [7, 11) is 1.17. The summed E-state index contributed by atoms with van der Waals surface area (Å²) in [6.45, 7) is 1.46. The highest BCUT2D eigenvalue weighted by atomic mass is 16.6. The molecule has 0 saturated heterocycles. The monoisotopic (exact) mass is 330 g/mol. The Labute approximate surface area is 136 Å². The first-order valence-electron chi connectivity index (χ1n) is 6.82. The number of anilines is 1. The first-order valence-corrected chi connectivity index (χ1v) is 6.82. The second-order valence-corrected chi connectivity index (χ2v) is 4.85. The number of nitrogens with zero attached hydrogens (tertiary/aromatic N) is 1. The number of hydrogen-bond donors (Lipinski definition) is 2. The van der Waals surface area contributed by atoms with Crippen LogP contribution in [0, 0.1) is 17.0 Å². The smallest absolute Gasteiger partial charge is 0.341 e. The van der Waals surface area contributed by atoms with Gasteiger partial charge in [0.1, 0.15) is 5.56 Å². The van der Waals surface area contributed by atoms with E-state index in [4.69, 9.17) is 0 Å². The number of benzene rings is 2. The highest BCUT2D eigenvalue weighted by Crippen LogP contribution is 2.29. The van der Waals surface area contributed by atoms with Gasteiger partial charge in [0.05, 0.1) is 17.7 Å². The predicted molar refractivity (Wildman–Crippen MR) is 85.2 cm³/mol. The fraction of sp³-hybridized carbons (Fsp3) is 0.125. The molecule has 2 aromatic rings. The minimum absolute atomic E-state index is 0.00574. The Bertz CT molecular complexity index is 831. The molecule has 0 aliphatic carbocycles. The second kappa shape index (κ2) is 6.78. The maximum Gasteiger partial charge on any atom is 0.341 e. The Kier molecular flexibility index (Phi) is 4.78. The zero-order valence-electron chi connectivity index (χ0n) is 12.9. The Hall–Kier alpha value is -3.42. The molecule has 0 spiro atoms. The van der Waals surface area contributed by atoms with Gasteiger partial charge >= 0.3 is 5.97 Å². The molecule has 124 valence electrons. The predicted octanol–water partition coefficient (Wildman–Crippen LogP) is 2.65. The van der Waals surface area contributed by atoms with Gasteiger partial charge in [-0.05, 0) is 25.1 Å². The molecule has 8 nitrogen and oxygen atoms in total. The summed E-state index contributed by atoms with van der Waals surface area (Å²) in [5.41, 5.74) is -0.00858. The molecule has 8 heteroatoms. The number of phenols is 1. The van der Waals surface area contributed by atoms with Crippen molar-refractivity contribution in [1.82, 2.24) is 0 Å². The zero-order valence-corrected chi connectivity index (χ0v) is 12.9. The van der Waals surface area contributed by atoms with E-state index >= 15 is 0 Å². The summed E-state index contributed by atoms with van der Waals surface area (Å²) in [6, 6.07) is 8.31. The molecule has 0 aliphatic heterocycles. The molecular formula is C16H14N2O6. The number of nitrogens with one attached hydrogen (secondary N) is 1. The van der Waals surface area contributed by atoms with Gasteiger partial charge in [0.15, 0.2) is 5.75 Å². The van der Waals surface area contributed by atoms with Crippen LogP contribution in [0.5, 0.6) is 5.75 Å². The minimum Gasteiger partial charge on any atom is -0.505 e. The number of aromatic hydroxyl groups is 1. The van der Waals surface area contributed by atoms with Crippen LogP contribution in [0.2, 0.25) is 0 Å². The minimum atomic E-state index is -0.755. The topological polar surface area (TPSA) is 119 Å². The molecule has 0 aromatic heterocycles. The van der Waals surface area contributed by atoms with E-state index in [9.17, 15) is 24.8 Å². The van der Waals surface area contributed by atoms with Gasteiger partial charge in [0, 0.05) is 17.2 Å². The lowest BCUT2D eigenvalue weighted by molar-refractivity contribution is -0.385. The van der Waals surface area contributed by atoms with E-state index in [1.165, 1.54) is 50.4 Å². The van der Waals surface area contributed by atoms with E-state index in [-0.39, 0.29) is 28.1 Å². The SMILES string of the molecule is COC(=O)c1cccc(NC(=O)c2cccc([N+](=O)[O-])c2C)c1O. The first kappa shape index (κ1) is 16.9. The van der Waals surface area contributed by atoms with E-state index in [0.29, 0.717) is 0 Å². The number of hydrogen-bond acceptors (Lipinski definition) is 6. The van der Waals surface area contributed by atoms with Crippen molar-refractivity contribution < 1.29 is 24.4 Å². The van der Waals surface area contributed by atoms with E-state index in [2.05, 4.69) is 10.1 Å². The number of para-hydroxylation sites is 1. The Morgan fingerprint density at radius 1 is 1.17 bits per heavy atom. The van der Waals surface area contributed by atoms with Crippen LogP contribution < -0.4 is 5.32 Å². The van der Waals surface area contributed by atoms with Gasteiger partial charge in [-0.2, -0.15) is 0 Å². The van der Waals surface area contributed by atoms with Crippen molar-refractivity contribution in [2.45, 2.75) is 6.92 Å². The van der Waals surface area contributed by atoms with Crippen LogP contribution in [0.1, 0.15) is 26.3 Å².